The number of nitrogens with two attached hydrogens (primary N) is 1. The zero-order chi connectivity index (χ0) is 14.6. The van der Waals surface area contributed by atoms with Crippen LogP contribution in [0.15, 0.2) is 12.4 Å². The van der Waals surface area contributed by atoms with Gasteiger partial charge in [0.15, 0.2) is 0 Å². The van der Waals surface area contributed by atoms with Crippen molar-refractivity contribution in [2.24, 2.45) is 0 Å². The number of anilines is 1. The standard InChI is InChI=1S/C15H27N3O2/c1-2-3-4-5-6-7-8-9-10-20-15(19)13-18-12-14(16)11-17-18/h11-12H,2-10,13,16H2,1H3. The molecule has 1 aromatic heterocycles. The summed E-state index contributed by atoms with van der Waals surface area (Å²) in [6.07, 6.45) is 13.1. The van der Waals surface area contributed by atoms with E-state index in [1.54, 1.807) is 6.20 Å². The highest BCUT2D eigenvalue weighted by atomic mass is 16.5. The quantitative estimate of drug-likeness (QED) is 0.499. The molecule has 1 rings (SSSR count). The van der Waals surface area contributed by atoms with Crippen molar-refractivity contribution in [1.82, 2.24) is 9.78 Å². The highest BCUT2D eigenvalue weighted by Gasteiger charge is 2.04. The molecule has 2 N–H and O–H groups in total. The van der Waals surface area contributed by atoms with Gasteiger partial charge in [-0.15, -0.1) is 0 Å². The van der Waals surface area contributed by atoms with Gasteiger partial charge in [0.2, 0.25) is 0 Å². The van der Waals surface area contributed by atoms with Gasteiger partial charge in [-0.1, -0.05) is 51.9 Å². The average molecular weight is 281 g/mol. The number of hydrogen-bond acceptors (Lipinski definition) is 4. The van der Waals surface area contributed by atoms with Crippen molar-refractivity contribution in [3.63, 3.8) is 0 Å². The molecule has 0 radical (unpaired) electrons. The average Bonchev–Trinajstić information content (AvgIpc) is 2.82. The summed E-state index contributed by atoms with van der Waals surface area (Å²) in [5.74, 6) is -0.254. The summed E-state index contributed by atoms with van der Waals surface area (Å²) in [7, 11) is 0. The van der Waals surface area contributed by atoms with Gasteiger partial charge < -0.3 is 10.5 Å². The topological polar surface area (TPSA) is 70.1 Å². The Morgan fingerprint density at radius 1 is 1.20 bits per heavy atom. The minimum absolute atomic E-state index is 0.133. The molecule has 0 aliphatic carbocycles. The molecule has 0 aromatic carbocycles. The predicted molar refractivity (Wildman–Crippen MR) is 80.2 cm³/mol. The van der Waals surface area contributed by atoms with Crippen LogP contribution in [0.25, 0.3) is 0 Å². The van der Waals surface area contributed by atoms with E-state index >= 15 is 0 Å². The van der Waals surface area contributed by atoms with Crippen molar-refractivity contribution < 1.29 is 9.53 Å². The first-order valence-corrected chi connectivity index (χ1v) is 7.66. The maximum atomic E-state index is 11.5. The molecule has 0 aliphatic heterocycles. The Bertz CT molecular complexity index is 377. The summed E-state index contributed by atoms with van der Waals surface area (Å²) in [5.41, 5.74) is 6.07. The number of ether oxygens (including phenoxy) is 1. The summed E-state index contributed by atoms with van der Waals surface area (Å²) in [6.45, 7) is 2.87. The van der Waals surface area contributed by atoms with Crippen molar-refractivity contribution in [2.45, 2.75) is 64.8 Å². The van der Waals surface area contributed by atoms with Crippen LogP contribution < -0.4 is 5.73 Å². The van der Waals surface area contributed by atoms with Gasteiger partial charge in [0.25, 0.3) is 0 Å². The molecule has 5 nitrogen and oxygen atoms in total. The van der Waals surface area contributed by atoms with Crippen LogP contribution in [0.5, 0.6) is 0 Å². The number of nitrogens with zero attached hydrogens (tertiary/aromatic N) is 2. The number of unbranched alkanes of at least 4 members (excludes halogenated alkanes) is 7. The summed E-state index contributed by atoms with van der Waals surface area (Å²) in [6, 6.07) is 0. The second-order valence-corrected chi connectivity index (χ2v) is 5.17. The number of nitrogen functional groups attached to an aromatic ring is 1. The van der Waals surface area contributed by atoms with Crippen LogP contribution in [-0.4, -0.2) is 22.4 Å². The molecular weight excluding hydrogens is 254 g/mol. The van der Waals surface area contributed by atoms with Gasteiger partial charge >= 0.3 is 5.97 Å². The van der Waals surface area contributed by atoms with E-state index in [-0.39, 0.29) is 12.5 Å². The molecule has 20 heavy (non-hydrogen) atoms. The lowest BCUT2D eigenvalue weighted by molar-refractivity contribution is -0.144. The number of esters is 1. The molecule has 114 valence electrons. The fourth-order valence-corrected chi connectivity index (χ4v) is 2.07. The van der Waals surface area contributed by atoms with E-state index in [1.807, 2.05) is 0 Å². The van der Waals surface area contributed by atoms with Crippen molar-refractivity contribution >= 4 is 11.7 Å². The highest BCUT2D eigenvalue weighted by molar-refractivity contribution is 5.69. The Morgan fingerprint density at radius 2 is 1.85 bits per heavy atom. The third kappa shape index (κ3) is 7.81. The van der Waals surface area contributed by atoms with E-state index in [2.05, 4.69) is 12.0 Å². The molecule has 0 bridgehead atoms. The first-order chi connectivity index (χ1) is 9.72. The van der Waals surface area contributed by atoms with Crippen LogP contribution in [0.2, 0.25) is 0 Å². The summed E-state index contributed by atoms with van der Waals surface area (Å²) >= 11 is 0. The Balaban J connectivity index is 1.92. The van der Waals surface area contributed by atoms with Crippen LogP contribution in [0.4, 0.5) is 5.69 Å². The lowest BCUT2D eigenvalue weighted by Gasteiger charge is -2.05. The Kier molecular flexibility index (Phi) is 8.51. The van der Waals surface area contributed by atoms with E-state index in [0.29, 0.717) is 12.3 Å². The van der Waals surface area contributed by atoms with Crippen LogP contribution in [0.3, 0.4) is 0 Å². The maximum absolute atomic E-state index is 11.5. The maximum Gasteiger partial charge on any atom is 0.327 e. The first kappa shape index (κ1) is 16.5. The number of aromatic nitrogens is 2. The van der Waals surface area contributed by atoms with Crippen LogP contribution >= 0.6 is 0 Å². The summed E-state index contributed by atoms with van der Waals surface area (Å²) < 4.78 is 6.65. The van der Waals surface area contributed by atoms with Gasteiger partial charge in [-0.2, -0.15) is 5.10 Å². The molecule has 5 heteroatoms. The largest absolute Gasteiger partial charge is 0.464 e. The summed E-state index contributed by atoms with van der Waals surface area (Å²) in [5, 5.41) is 3.94. The second-order valence-electron chi connectivity index (χ2n) is 5.17. The van der Waals surface area contributed by atoms with Gasteiger partial charge in [-0.3, -0.25) is 9.48 Å². The number of carbonyl (C=O) groups excluding carboxylic acids is 1. The van der Waals surface area contributed by atoms with Crippen molar-refractivity contribution in [2.75, 3.05) is 12.3 Å². The molecular formula is C15H27N3O2. The number of carbonyl (C=O) groups is 1. The van der Waals surface area contributed by atoms with Crippen molar-refractivity contribution in [1.29, 1.82) is 0 Å². The molecule has 0 saturated carbocycles. The van der Waals surface area contributed by atoms with Gasteiger partial charge in [0.1, 0.15) is 6.54 Å². The monoisotopic (exact) mass is 281 g/mol. The van der Waals surface area contributed by atoms with Gasteiger partial charge in [0.05, 0.1) is 18.5 Å². The molecule has 0 unspecified atom stereocenters. The van der Waals surface area contributed by atoms with Crippen LogP contribution in [0.1, 0.15) is 58.3 Å². The lowest BCUT2D eigenvalue weighted by Crippen LogP contribution is -2.14. The lowest BCUT2D eigenvalue weighted by atomic mass is 10.1. The molecule has 0 fully saturated rings. The Morgan fingerprint density at radius 3 is 2.45 bits per heavy atom. The zero-order valence-corrected chi connectivity index (χ0v) is 12.5. The van der Waals surface area contributed by atoms with Crippen LogP contribution in [-0.2, 0) is 16.1 Å². The molecule has 0 saturated heterocycles. The van der Waals surface area contributed by atoms with Gasteiger partial charge in [-0.25, -0.2) is 0 Å². The number of rotatable bonds is 11. The van der Waals surface area contributed by atoms with E-state index in [1.165, 1.54) is 49.4 Å². The Labute approximate surface area is 121 Å². The SMILES string of the molecule is CCCCCCCCCCOC(=O)Cn1cc(N)cn1. The first-order valence-electron chi connectivity index (χ1n) is 7.66. The van der Waals surface area contributed by atoms with Crippen LogP contribution in [0, 0.1) is 0 Å². The minimum Gasteiger partial charge on any atom is -0.464 e. The third-order valence-electron chi connectivity index (χ3n) is 3.21. The number of hydrogen-bond donors (Lipinski definition) is 1. The molecule has 0 atom stereocenters. The summed E-state index contributed by atoms with van der Waals surface area (Å²) in [4.78, 5) is 11.5. The minimum atomic E-state index is -0.254. The Hall–Kier alpha value is -1.52. The molecule has 1 aromatic rings. The van der Waals surface area contributed by atoms with E-state index in [9.17, 15) is 4.79 Å². The van der Waals surface area contributed by atoms with E-state index in [4.69, 9.17) is 10.5 Å². The van der Waals surface area contributed by atoms with Crippen molar-refractivity contribution in [3.05, 3.63) is 12.4 Å². The normalized spacial score (nSPS) is 10.7. The predicted octanol–water partition coefficient (Wildman–Crippen LogP) is 3.15. The van der Waals surface area contributed by atoms with Crippen molar-refractivity contribution in [3.8, 4) is 0 Å². The zero-order valence-electron chi connectivity index (χ0n) is 12.5. The smallest absolute Gasteiger partial charge is 0.327 e. The fraction of sp³-hybridized carbons (Fsp3) is 0.733. The molecule has 0 aliphatic rings. The van der Waals surface area contributed by atoms with Gasteiger partial charge in [0, 0.05) is 6.20 Å². The molecule has 1 heterocycles. The highest BCUT2D eigenvalue weighted by Crippen LogP contribution is 2.08. The van der Waals surface area contributed by atoms with Gasteiger partial charge in [-0.05, 0) is 6.42 Å². The van der Waals surface area contributed by atoms with E-state index in [0.717, 1.165) is 12.8 Å². The fourth-order valence-electron chi connectivity index (χ4n) is 2.07. The van der Waals surface area contributed by atoms with E-state index < -0.39 is 0 Å². The molecule has 0 spiro atoms. The third-order valence-corrected chi connectivity index (χ3v) is 3.21. The second kappa shape index (κ2) is 10.3. The molecule has 0 amide bonds.